The first-order valence-corrected chi connectivity index (χ1v) is 18.5. The van der Waals surface area contributed by atoms with Crippen LogP contribution in [0, 0.1) is 6.92 Å². The molecule has 0 radical (unpaired) electrons. The van der Waals surface area contributed by atoms with E-state index in [0.29, 0.717) is 15.6 Å². The lowest BCUT2D eigenvalue weighted by Gasteiger charge is -2.35. The number of halogens is 4. The third kappa shape index (κ3) is 8.65. The van der Waals surface area contributed by atoms with Crippen LogP contribution in [0.15, 0.2) is 95.9 Å². The molecule has 252 valence electrons. The molecule has 2 amide bonds. The van der Waals surface area contributed by atoms with Crippen LogP contribution in [0.1, 0.15) is 42.4 Å². The van der Waals surface area contributed by atoms with Crippen molar-refractivity contribution < 1.29 is 18.0 Å². The molecule has 0 bridgehead atoms. The molecule has 0 heterocycles. The highest BCUT2D eigenvalue weighted by atomic mass is 35.5. The molecule has 1 fully saturated rings. The molecule has 5 rings (SSSR count). The molecular formula is C36H35Cl4N3O4S. The Labute approximate surface area is 301 Å². The maximum absolute atomic E-state index is 14.7. The van der Waals surface area contributed by atoms with Crippen LogP contribution in [0.25, 0.3) is 0 Å². The molecule has 0 saturated heterocycles. The van der Waals surface area contributed by atoms with E-state index in [0.717, 1.165) is 41.1 Å². The summed E-state index contributed by atoms with van der Waals surface area (Å²) in [5.74, 6) is -1.02. The highest BCUT2D eigenvalue weighted by Crippen LogP contribution is 2.34. The third-order valence-electron chi connectivity index (χ3n) is 8.43. The molecule has 1 unspecified atom stereocenters. The van der Waals surface area contributed by atoms with Crippen LogP contribution in [0.2, 0.25) is 20.1 Å². The van der Waals surface area contributed by atoms with Crippen molar-refractivity contribution in [1.82, 2.24) is 10.2 Å². The van der Waals surface area contributed by atoms with Gasteiger partial charge < -0.3 is 10.2 Å². The summed E-state index contributed by atoms with van der Waals surface area (Å²) < 4.78 is 29.5. The molecule has 0 aromatic heterocycles. The molecule has 1 aliphatic rings. The van der Waals surface area contributed by atoms with Crippen LogP contribution >= 0.6 is 46.4 Å². The number of hydrogen-bond donors (Lipinski definition) is 1. The lowest BCUT2D eigenvalue weighted by Crippen LogP contribution is -2.54. The number of rotatable bonds is 12. The average Bonchev–Trinajstić information content (AvgIpc) is 3.57. The number of benzene rings is 4. The molecule has 4 aromatic carbocycles. The van der Waals surface area contributed by atoms with E-state index in [1.54, 1.807) is 30.3 Å². The van der Waals surface area contributed by atoms with Crippen molar-refractivity contribution in [3.63, 3.8) is 0 Å². The largest absolute Gasteiger partial charge is 0.352 e. The highest BCUT2D eigenvalue weighted by Gasteiger charge is 2.36. The molecule has 0 spiro atoms. The summed E-state index contributed by atoms with van der Waals surface area (Å²) in [5.41, 5.74) is 2.12. The van der Waals surface area contributed by atoms with Crippen LogP contribution < -0.4 is 9.62 Å². The zero-order chi connectivity index (χ0) is 34.4. The summed E-state index contributed by atoms with van der Waals surface area (Å²) in [5, 5.41) is 4.05. The van der Waals surface area contributed by atoms with Gasteiger partial charge in [0, 0.05) is 39.6 Å². The highest BCUT2D eigenvalue weighted by molar-refractivity contribution is 7.92. The Bertz CT molecular complexity index is 1850. The second kappa shape index (κ2) is 16.0. The van der Waals surface area contributed by atoms with Gasteiger partial charge in [-0.2, -0.15) is 0 Å². The summed E-state index contributed by atoms with van der Waals surface area (Å²) >= 11 is 26.1. The molecule has 1 aliphatic carbocycles. The fraction of sp³-hybridized carbons (Fsp3) is 0.278. The summed E-state index contributed by atoms with van der Waals surface area (Å²) in [6.07, 6.45) is 3.83. The van der Waals surface area contributed by atoms with Crippen LogP contribution in [-0.2, 0) is 32.6 Å². The smallest absolute Gasteiger partial charge is 0.264 e. The lowest BCUT2D eigenvalue weighted by molar-refractivity contribution is -0.140. The number of carbonyl (C=O) groups is 2. The van der Waals surface area contributed by atoms with E-state index >= 15 is 0 Å². The number of hydrogen-bond acceptors (Lipinski definition) is 4. The third-order valence-corrected chi connectivity index (χ3v) is 11.5. The van der Waals surface area contributed by atoms with E-state index in [2.05, 4.69) is 5.32 Å². The summed E-state index contributed by atoms with van der Waals surface area (Å²) in [4.78, 5) is 30.2. The normalized spacial score (nSPS) is 14.0. The van der Waals surface area contributed by atoms with Gasteiger partial charge in [0.15, 0.2) is 0 Å². The van der Waals surface area contributed by atoms with Crippen molar-refractivity contribution in [2.45, 2.75) is 62.6 Å². The molecule has 7 nitrogen and oxygen atoms in total. The van der Waals surface area contributed by atoms with Crippen molar-refractivity contribution in [2.24, 2.45) is 0 Å². The SMILES string of the molecule is Cc1ccc(S(=O)(=O)N(CC(=O)N(Cc2c(Cl)cccc2Cl)C(Cc2ccccc2)C(=O)NC2CCCC2)c2cc(Cl)ccc2Cl)cc1. The van der Waals surface area contributed by atoms with Crippen LogP contribution in [-0.4, -0.2) is 43.8 Å². The number of aryl methyl sites for hydroxylation is 1. The van der Waals surface area contributed by atoms with Crippen molar-refractivity contribution in [1.29, 1.82) is 0 Å². The van der Waals surface area contributed by atoms with Crippen LogP contribution in [0.5, 0.6) is 0 Å². The number of carbonyl (C=O) groups excluding carboxylic acids is 2. The van der Waals surface area contributed by atoms with Crippen LogP contribution in [0.4, 0.5) is 5.69 Å². The Kier molecular flexibility index (Phi) is 12.0. The molecule has 1 atom stereocenters. The fourth-order valence-electron chi connectivity index (χ4n) is 5.80. The van der Waals surface area contributed by atoms with Gasteiger partial charge in [-0.25, -0.2) is 8.42 Å². The maximum Gasteiger partial charge on any atom is 0.264 e. The lowest BCUT2D eigenvalue weighted by atomic mass is 10.0. The summed E-state index contributed by atoms with van der Waals surface area (Å²) in [6.45, 7) is 0.988. The monoisotopic (exact) mass is 745 g/mol. The number of amides is 2. The Morgan fingerprint density at radius 2 is 1.48 bits per heavy atom. The quantitative estimate of drug-likeness (QED) is 0.158. The van der Waals surface area contributed by atoms with Gasteiger partial charge >= 0.3 is 0 Å². The minimum atomic E-state index is -4.36. The fourth-order valence-corrected chi connectivity index (χ4v) is 8.18. The minimum absolute atomic E-state index is 0.0174. The Hall–Kier alpha value is -3.27. The topological polar surface area (TPSA) is 86.8 Å². The number of anilines is 1. The first kappa shape index (κ1) is 36.0. The Morgan fingerprint density at radius 1 is 0.833 bits per heavy atom. The molecular weight excluding hydrogens is 712 g/mol. The molecule has 12 heteroatoms. The second-order valence-electron chi connectivity index (χ2n) is 11.8. The van der Waals surface area contributed by atoms with Gasteiger partial charge in [0.2, 0.25) is 11.8 Å². The van der Waals surface area contributed by atoms with E-state index in [1.165, 1.54) is 35.2 Å². The first-order chi connectivity index (χ1) is 22.9. The Morgan fingerprint density at radius 3 is 2.12 bits per heavy atom. The van der Waals surface area contributed by atoms with Gasteiger partial charge in [0.1, 0.15) is 12.6 Å². The molecule has 1 N–H and O–H groups in total. The molecule has 48 heavy (non-hydrogen) atoms. The Balaban J connectivity index is 1.62. The standard InChI is InChI=1S/C36H35Cl4N3O4S/c1-24-14-17-28(18-15-24)48(46,47)43(33-21-26(37)16-19-32(33)40)23-35(44)42(22-29-30(38)12-7-13-31(29)39)34(20-25-8-3-2-4-9-25)36(45)41-27-10-5-6-11-27/h2-4,7-9,12-19,21,27,34H,5-6,10-11,20,22-23H2,1H3,(H,41,45). The van der Waals surface area contributed by atoms with Crippen LogP contribution in [0.3, 0.4) is 0 Å². The number of nitrogens with zero attached hydrogens (tertiary/aromatic N) is 2. The predicted molar refractivity (Wildman–Crippen MR) is 194 cm³/mol. The maximum atomic E-state index is 14.7. The van der Waals surface area contributed by atoms with Gasteiger partial charge in [-0.15, -0.1) is 0 Å². The summed E-state index contributed by atoms with van der Waals surface area (Å²) in [7, 11) is -4.36. The van der Waals surface area contributed by atoms with Crippen molar-refractivity contribution in [2.75, 3.05) is 10.8 Å². The average molecular weight is 748 g/mol. The van der Waals surface area contributed by atoms with E-state index in [-0.39, 0.29) is 45.5 Å². The zero-order valence-corrected chi connectivity index (χ0v) is 30.1. The number of nitrogens with one attached hydrogen (secondary N) is 1. The predicted octanol–water partition coefficient (Wildman–Crippen LogP) is 8.50. The van der Waals surface area contributed by atoms with E-state index in [4.69, 9.17) is 46.4 Å². The van der Waals surface area contributed by atoms with E-state index in [1.807, 2.05) is 37.3 Å². The second-order valence-corrected chi connectivity index (χ2v) is 15.4. The molecule has 0 aliphatic heterocycles. The molecule has 4 aromatic rings. The van der Waals surface area contributed by atoms with Crippen molar-refractivity contribution >= 4 is 73.9 Å². The van der Waals surface area contributed by atoms with Gasteiger partial charge in [-0.05, 0) is 67.8 Å². The van der Waals surface area contributed by atoms with E-state index < -0.39 is 28.5 Å². The zero-order valence-electron chi connectivity index (χ0n) is 26.2. The summed E-state index contributed by atoms with van der Waals surface area (Å²) in [6, 6.07) is 23.9. The molecule has 1 saturated carbocycles. The van der Waals surface area contributed by atoms with E-state index in [9.17, 15) is 18.0 Å². The van der Waals surface area contributed by atoms with Gasteiger partial charge in [0.25, 0.3) is 10.0 Å². The first-order valence-electron chi connectivity index (χ1n) is 15.5. The minimum Gasteiger partial charge on any atom is -0.352 e. The van der Waals surface area contributed by atoms with Gasteiger partial charge in [-0.3, -0.25) is 13.9 Å². The van der Waals surface area contributed by atoms with Gasteiger partial charge in [-0.1, -0.05) is 113 Å². The van der Waals surface area contributed by atoms with Gasteiger partial charge in [0.05, 0.1) is 15.6 Å². The number of sulfonamides is 1. The van der Waals surface area contributed by atoms with Crippen molar-refractivity contribution in [3.8, 4) is 0 Å². The van der Waals surface area contributed by atoms with Crippen molar-refractivity contribution in [3.05, 3.63) is 128 Å².